The Hall–Kier alpha value is -3.00. The van der Waals surface area contributed by atoms with Gasteiger partial charge in [0.15, 0.2) is 0 Å². The average molecular weight is 335 g/mol. The Morgan fingerprint density at radius 2 is 1.42 bits per heavy atom. The number of hydrogen-bond donors (Lipinski definition) is 1. The minimum Gasteiger partial charge on any atom is -0.398 e. The van der Waals surface area contributed by atoms with Crippen LogP contribution in [-0.2, 0) is 6.42 Å². The van der Waals surface area contributed by atoms with Crippen LogP contribution >= 0.6 is 0 Å². The minimum absolute atomic E-state index is 0.813. The molecule has 0 heterocycles. The molecule has 0 saturated heterocycles. The molecule has 0 aliphatic rings. The summed E-state index contributed by atoms with van der Waals surface area (Å²) in [6, 6.07) is 24.4. The Labute approximate surface area is 156 Å². The number of anilines is 1. The molecule has 0 saturated carbocycles. The second-order valence-electron chi connectivity index (χ2n) is 6.21. The number of aryl methyl sites for hydroxylation is 1. The molecular formula is C24H22BN. The van der Waals surface area contributed by atoms with Crippen molar-refractivity contribution in [1.82, 2.24) is 0 Å². The second-order valence-corrected chi connectivity index (χ2v) is 6.21. The quantitative estimate of drug-likeness (QED) is 0.392. The first-order valence-electron chi connectivity index (χ1n) is 8.81. The molecular weight excluding hydrogens is 313 g/mol. The average Bonchev–Trinajstić information content (AvgIpc) is 2.68. The third-order valence-corrected chi connectivity index (χ3v) is 4.59. The summed E-state index contributed by atoms with van der Waals surface area (Å²) in [6.07, 6.45) is 2.87. The topological polar surface area (TPSA) is 26.0 Å². The molecule has 26 heavy (non-hydrogen) atoms. The minimum atomic E-state index is 0.813. The molecule has 4 rings (SSSR count). The van der Waals surface area contributed by atoms with E-state index in [1.807, 2.05) is 42.5 Å². The highest BCUT2D eigenvalue weighted by Gasteiger charge is 2.00. The summed E-state index contributed by atoms with van der Waals surface area (Å²) >= 11 is 0. The fraction of sp³-hybridized carbons (Fsp3) is 0.0833. The van der Waals surface area contributed by atoms with Gasteiger partial charge in [-0.3, -0.25) is 0 Å². The third-order valence-electron chi connectivity index (χ3n) is 4.59. The molecule has 1 nitrogen and oxygen atoms in total. The van der Waals surface area contributed by atoms with E-state index in [0.29, 0.717) is 0 Å². The molecule has 0 aromatic heterocycles. The predicted molar refractivity (Wildman–Crippen MR) is 117 cm³/mol. The van der Waals surface area contributed by atoms with E-state index in [-0.39, 0.29) is 0 Å². The zero-order valence-corrected chi connectivity index (χ0v) is 15.1. The summed E-state index contributed by atoms with van der Waals surface area (Å²) < 4.78 is 0. The number of hydrogen-bond acceptors (Lipinski definition) is 1. The molecule has 0 amide bonds. The molecule has 2 heteroatoms. The van der Waals surface area contributed by atoms with Gasteiger partial charge in [-0.2, -0.15) is 0 Å². The van der Waals surface area contributed by atoms with Crippen LogP contribution in [0.5, 0.6) is 0 Å². The lowest BCUT2D eigenvalue weighted by atomic mass is 9.87. The molecule has 0 spiro atoms. The van der Waals surface area contributed by atoms with Crippen LogP contribution in [0.1, 0.15) is 18.1 Å². The van der Waals surface area contributed by atoms with E-state index in [0.717, 1.165) is 33.9 Å². The highest BCUT2D eigenvalue weighted by atomic mass is 14.5. The SMILES string of the molecule is C=Cc1cccc2cccc(N)c12.[B]c1cccc2cccc(CC)c12. The van der Waals surface area contributed by atoms with Crippen LogP contribution in [0.15, 0.2) is 79.4 Å². The first-order valence-corrected chi connectivity index (χ1v) is 8.81. The Kier molecular flexibility index (Phi) is 5.43. The van der Waals surface area contributed by atoms with E-state index in [1.54, 1.807) is 0 Å². The van der Waals surface area contributed by atoms with Crippen molar-refractivity contribution in [1.29, 1.82) is 0 Å². The van der Waals surface area contributed by atoms with Crippen LogP contribution in [0.25, 0.3) is 27.6 Å². The number of benzene rings is 4. The largest absolute Gasteiger partial charge is 0.398 e. The Morgan fingerprint density at radius 3 is 2.08 bits per heavy atom. The zero-order chi connectivity index (χ0) is 18.5. The van der Waals surface area contributed by atoms with Gasteiger partial charge >= 0.3 is 0 Å². The molecule has 0 bridgehead atoms. The number of nitrogen functional groups attached to an aromatic ring is 1. The maximum Gasteiger partial charge on any atom is 0.114 e. The first kappa shape index (κ1) is 17.8. The summed E-state index contributed by atoms with van der Waals surface area (Å²) in [7, 11) is 5.93. The van der Waals surface area contributed by atoms with E-state index in [9.17, 15) is 0 Å². The van der Waals surface area contributed by atoms with Crippen LogP contribution in [0.2, 0.25) is 0 Å². The monoisotopic (exact) mass is 335 g/mol. The van der Waals surface area contributed by atoms with Gasteiger partial charge in [-0.1, -0.05) is 91.8 Å². The van der Waals surface area contributed by atoms with Gasteiger partial charge in [0.25, 0.3) is 0 Å². The van der Waals surface area contributed by atoms with Crippen molar-refractivity contribution in [3.8, 4) is 0 Å². The number of fused-ring (bicyclic) bond motifs is 2. The first-order chi connectivity index (χ1) is 12.7. The maximum absolute atomic E-state index is 5.93. The van der Waals surface area contributed by atoms with Crippen LogP contribution in [-0.4, -0.2) is 7.85 Å². The molecule has 0 aliphatic carbocycles. The van der Waals surface area contributed by atoms with E-state index in [2.05, 4.69) is 49.9 Å². The van der Waals surface area contributed by atoms with Gasteiger partial charge in [0.2, 0.25) is 0 Å². The lowest BCUT2D eigenvalue weighted by Crippen LogP contribution is -2.05. The lowest BCUT2D eigenvalue weighted by Gasteiger charge is -2.06. The van der Waals surface area contributed by atoms with Crippen molar-refractivity contribution in [3.05, 3.63) is 90.5 Å². The third kappa shape index (κ3) is 3.50. The van der Waals surface area contributed by atoms with E-state index >= 15 is 0 Å². The van der Waals surface area contributed by atoms with Gasteiger partial charge in [0.1, 0.15) is 7.85 Å². The smallest absolute Gasteiger partial charge is 0.114 e. The Balaban J connectivity index is 0.000000151. The molecule has 4 aromatic carbocycles. The van der Waals surface area contributed by atoms with E-state index < -0.39 is 0 Å². The standard InChI is InChI=1S/C12H11B.C12H11N/c2*1-2-9-5-3-6-10-7-4-8-11(13)12(9)10/h3-8H,2H2,1H3;2-8H,1,13H2. The van der Waals surface area contributed by atoms with Crippen LogP contribution in [0, 0.1) is 0 Å². The van der Waals surface area contributed by atoms with Crippen LogP contribution in [0.3, 0.4) is 0 Å². The molecule has 0 fully saturated rings. The van der Waals surface area contributed by atoms with Crippen molar-refractivity contribution in [2.24, 2.45) is 0 Å². The maximum atomic E-state index is 5.93. The second kappa shape index (κ2) is 7.92. The van der Waals surface area contributed by atoms with E-state index in [4.69, 9.17) is 13.6 Å². The predicted octanol–water partition coefficient (Wildman–Crippen LogP) is 5.26. The highest BCUT2D eigenvalue weighted by Crippen LogP contribution is 2.25. The summed E-state index contributed by atoms with van der Waals surface area (Å²) in [5.41, 5.74) is 10.0. The summed E-state index contributed by atoms with van der Waals surface area (Å²) in [4.78, 5) is 0. The molecule has 0 atom stereocenters. The molecule has 2 radical (unpaired) electrons. The summed E-state index contributed by atoms with van der Waals surface area (Å²) in [5.74, 6) is 0. The molecule has 4 aromatic rings. The van der Waals surface area contributed by atoms with Crippen molar-refractivity contribution < 1.29 is 0 Å². The Bertz CT molecular complexity index is 1060. The molecule has 0 unspecified atom stereocenters. The zero-order valence-electron chi connectivity index (χ0n) is 15.1. The lowest BCUT2D eigenvalue weighted by molar-refractivity contribution is 1.16. The summed E-state index contributed by atoms with van der Waals surface area (Å²) in [5, 5.41) is 4.71. The number of rotatable bonds is 2. The summed E-state index contributed by atoms with van der Waals surface area (Å²) in [6.45, 7) is 5.92. The van der Waals surface area contributed by atoms with Crippen molar-refractivity contribution >= 4 is 46.6 Å². The van der Waals surface area contributed by atoms with Gasteiger partial charge < -0.3 is 5.73 Å². The van der Waals surface area contributed by atoms with Gasteiger partial charge in [-0.25, -0.2) is 0 Å². The van der Waals surface area contributed by atoms with Crippen molar-refractivity contribution in [3.63, 3.8) is 0 Å². The Morgan fingerprint density at radius 1 is 0.846 bits per heavy atom. The van der Waals surface area contributed by atoms with Crippen LogP contribution in [0.4, 0.5) is 5.69 Å². The van der Waals surface area contributed by atoms with Gasteiger partial charge in [-0.15, -0.1) is 0 Å². The van der Waals surface area contributed by atoms with Gasteiger partial charge in [0, 0.05) is 11.1 Å². The highest BCUT2D eigenvalue weighted by molar-refractivity contribution is 6.39. The normalized spacial score (nSPS) is 10.3. The van der Waals surface area contributed by atoms with Gasteiger partial charge in [0.05, 0.1) is 0 Å². The van der Waals surface area contributed by atoms with E-state index in [1.165, 1.54) is 16.3 Å². The van der Waals surface area contributed by atoms with Crippen molar-refractivity contribution in [2.75, 3.05) is 5.73 Å². The molecule has 2 N–H and O–H groups in total. The fourth-order valence-electron chi connectivity index (χ4n) is 3.31. The fourth-order valence-corrected chi connectivity index (χ4v) is 3.31. The van der Waals surface area contributed by atoms with Crippen molar-refractivity contribution in [2.45, 2.75) is 13.3 Å². The molecule has 0 aliphatic heterocycles. The number of nitrogens with two attached hydrogens (primary N) is 1. The molecule has 126 valence electrons. The van der Waals surface area contributed by atoms with Gasteiger partial charge in [-0.05, 0) is 39.8 Å². The van der Waals surface area contributed by atoms with Crippen LogP contribution < -0.4 is 11.2 Å².